The van der Waals surface area contributed by atoms with Crippen LogP contribution in [-0.4, -0.2) is 36.4 Å². The van der Waals surface area contributed by atoms with Crippen molar-refractivity contribution in [3.63, 3.8) is 0 Å². The third-order valence-corrected chi connectivity index (χ3v) is 3.48. The van der Waals surface area contributed by atoms with Crippen molar-refractivity contribution >= 4 is 5.97 Å². The van der Waals surface area contributed by atoms with Gasteiger partial charge in [0, 0.05) is 12.1 Å². The molecule has 17 heavy (non-hydrogen) atoms. The zero-order valence-electron chi connectivity index (χ0n) is 10.9. The van der Waals surface area contributed by atoms with E-state index in [2.05, 4.69) is 12.2 Å². The molecule has 4 heteroatoms. The molecule has 0 aliphatic heterocycles. The average molecular weight is 243 g/mol. The number of hydrogen-bond acceptors (Lipinski definition) is 4. The zero-order chi connectivity index (χ0) is 12.7. The first-order chi connectivity index (χ1) is 8.21. The van der Waals surface area contributed by atoms with Crippen LogP contribution in [0.1, 0.15) is 46.0 Å². The lowest BCUT2D eigenvalue weighted by Crippen LogP contribution is -2.43. The number of esters is 1. The van der Waals surface area contributed by atoms with Gasteiger partial charge in [-0.05, 0) is 32.6 Å². The van der Waals surface area contributed by atoms with Gasteiger partial charge in [-0.1, -0.05) is 13.3 Å². The summed E-state index contributed by atoms with van der Waals surface area (Å²) < 4.78 is 5.07. The van der Waals surface area contributed by atoms with Gasteiger partial charge in [0.1, 0.15) is 0 Å². The molecule has 1 fully saturated rings. The third kappa shape index (κ3) is 4.64. The van der Waals surface area contributed by atoms with Crippen LogP contribution >= 0.6 is 0 Å². The van der Waals surface area contributed by atoms with Crippen LogP contribution < -0.4 is 5.32 Å². The van der Waals surface area contributed by atoms with Crippen molar-refractivity contribution in [2.24, 2.45) is 5.92 Å². The van der Waals surface area contributed by atoms with Crippen molar-refractivity contribution in [1.29, 1.82) is 0 Å². The molecule has 100 valence electrons. The monoisotopic (exact) mass is 243 g/mol. The van der Waals surface area contributed by atoms with Crippen LogP contribution in [0.3, 0.4) is 0 Å². The second-order valence-electron chi connectivity index (χ2n) is 4.77. The molecule has 1 saturated carbocycles. The second-order valence-corrected chi connectivity index (χ2v) is 4.77. The first-order valence-corrected chi connectivity index (χ1v) is 6.74. The molecule has 0 aromatic rings. The van der Waals surface area contributed by atoms with E-state index >= 15 is 0 Å². The molecule has 2 N–H and O–H groups in total. The van der Waals surface area contributed by atoms with E-state index < -0.39 is 0 Å². The summed E-state index contributed by atoms with van der Waals surface area (Å²) in [6.45, 7) is 4.52. The lowest BCUT2D eigenvalue weighted by Gasteiger charge is -2.31. The smallest absolute Gasteiger partial charge is 0.308 e. The van der Waals surface area contributed by atoms with Gasteiger partial charge >= 0.3 is 5.97 Å². The summed E-state index contributed by atoms with van der Waals surface area (Å²) in [6.07, 6.45) is 4.84. The maximum Gasteiger partial charge on any atom is 0.308 e. The Morgan fingerprint density at radius 3 is 2.82 bits per heavy atom. The van der Waals surface area contributed by atoms with Gasteiger partial charge in [0.15, 0.2) is 0 Å². The molecule has 0 heterocycles. The topological polar surface area (TPSA) is 58.6 Å². The quantitative estimate of drug-likeness (QED) is 0.694. The summed E-state index contributed by atoms with van der Waals surface area (Å²) in [4.78, 5) is 11.7. The minimum atomic E-state index is -0.0592. The molecule has 1 rings (SSSR count). The highest BCUT2D eigenvalue weighted by atomic mass is 16.5. The maximum absolute atomic E-state index is 11.7. The molecular weight excluding hydrogens is 218 g/mol. The molecule has 2 unspecified atom stereocenters. The predicted octanol–water partition coefficient (Wildman–Crippen LogP) is 1.47. The van der Waals surface area contributed by atoms with Crippen molar-refractivity contribution in [1.82, 2.24) is 5.32 Å². The summed E-state index contributed by atoms with van der Waals surface area (Å²) in [5.74, 6) is -0.0200. The van der Waals surface area contributed by atoms with Crippen molar-refractivity contribution in [3.8, 4) is 0 Å². The fourth-order valence-electron chi connectivity index (χ4n) is 2.45. The van der Waals surface area contributed by atoms with Crippen molar-refractivity contribution < 1.29 is 14.6 Å². The highest BCUT2D eigenvalue weighted by molar-refractivity contribution is 5.72. The summed E-state index contributed by atoms with van der Waals surface area (Å²) in [6, 6.07) is 0.496. The van der Waals surface area contributed by atoms with Crippen LogP contribution in [0.25, 0.3) is 0 Å². The lowest BCUT2D eigenvalue weighted by molar-refractivity contribution is -0.149. The number of carbonyl (C=O) groups excluding carboxylic acids is 1. The van der Waals surface area contributed by atoms with E-state index in [-0.39, 0.29) is 24.5 Å². The van der Waals surface area contributed by atoms with Crippen LogP contribution in [-0.2, 0) is 9.53 Å². The van der Waals surface area contributed by atoms with E-state index in [1.54, 1.807) is 0 Å². The van der Waals surface area contributed by atoms with Crippen LogP contribution in [0.5, 0.6) is 0 Å². The van der Waals surface area contributed by atoms with E-state index in [9.17, 15) is 4.79 Å². The standard InChI is InChI=1S/C13H25NO3/c1-3-11(9-15)14-12-7-5-6-10(8-12)13(16)17-4-2/h10-12,14-15H,3-9H2,1-2H3/t10?,11-,12?/m0/s1. The first-order valence-electron chi connectivity index (χ1n) is 6.74. The van der Waals surface area contributed by atoms with Gasteiger partial charge in [-0.2, -0.15) is 0 Å². The summed E-state index contributed by atoms with van der Waals surface area (Å²) in [5, 5.41) is 12.6. The van der Waals surface area contributed by atoms with Gasteiger partial charge in [0.05, 0.1) is 19.1 Å². The first kappa shape index (κ1) is 14.5. The van der Waals surface area contributed by atoms with E-state index in [1.807, 2.05) is 6.92 Å². The maximum atomic E-state index is 11.7. The molecule has 0 spiro atoms. The number of rotatable bonds is 6. The Morgan fingerprint density at radius 2 is 2.24 bits per heavy atom. The van der Waals surface area contributed by atoms with Crippen LogP contribution in [0.2, 0.25) is 0 Å². The minimum Gasteiger partial charge on any atom is -0.466 e. The molecule has 4 nitrogen and oxygen atoms in total. The molecule has 0 bridgehead atoms. The Morgan fingerprint density at radius 1 is 1.47 bits per heavy atom. The number of hydrogen-bond donors (Lipinski definition) is 2. The lowest BCUT2D eigenvalue weighted by atomic mass is 9.85. The van der Waals surface area contributed by atoms with Crippen LogP contribution in [0, 0.1) is 5.92 Å². The second kappa shape index (κ2) is 7.67. The molecule has 0 radical (unpaired) electrons. The molecule has 0 amide bonds. The number of aliphatic hydroxyl groups excluding tert-OH is 1. The Balaban J connectivity index is 2.40. The van der Waals surface area contributed by atoms with Crippen molar-refractivity contribution in [2.45, 2.75) is 58.0 Å². The summed E-state index contributed by atoms with van der Waals surface area (Å²) >= 11 is 0. The van der Waals surface area contributed by atoms with Crippen LogP contribution in [0.4, 0.5) is 0 Å². The number of aliphatic hydroxyl groups is 1. The van der Waals surface area contributed by atoms with Gasteiger partial charge in [-0.25, -0.2) is 0 Å². The molecule has 3 atom stereocenters. The highest BCUT2D eigenvalue weighted by Crippen LogP contribution is 2.25. The Hall–Kier alpha value is -0.610. The fourth-order valence-corrected chi connectivity index (χ4v) is 2.45. The molecule has 0 saturated heterocycles. The number of nitrogens with one attached hydrogen (secondary N) is 1. The zero-order valence-corrected chi connectivity index (χ0v) is 10.9. The SMILES string of the molecule is CCOC(=O)C1CCCC(N[C@@H](CC)CO)C1. The van der Waals surface area contributed by atoms with Gasteiger partial charge in [0.25, 0.3) is 0 Å². The minimum absolute atomic E-state index is 0.0393. The molecule has 1 aliphatic rings. The van der Waals surface area contributed by atoms with Gasteiger partial charge in [0.2, 0.25) is 0 Å². The van der Waals surface area contributed by atoms with E-state index in [1.165, 1.54) is 0 Å². The molecule has 1 aliphatic carbocycles. The molecule has 0 aromatic heterocycles. The van der Waals surface area contributed by atoms with Gasteiger partial charge in [-0.15, -0.1) is 0 Å². The Bertz CT molecular complexity index is 229. The Kier molecular flexibility index (Phi) is 6.52. The van der Waals surface area contributed by atoms with E-state index in [0.717, 1.165) is 32.1 Å². The summed E-state index contributed by atoms with van der Waals surface area (Å²) in [7, 11) is 0. The average Bonchev–Trinajstić information content (AvgIpc) is 2.36. The summed E-state index contributed by atoms with van der Waals surface area (Å²) in [5.41, 5.74) is 0. The predicted molar refractivity (Wildman–Crippen MR) is 66.7 cm³/mol. The fraction of sp³-hybridized carbons (Fsp3) is 0.923. The van der Waals surface area contributed by atoms with Gasteiger partial charge in [-0.3, -0.25) is 4.79 Å². The normalized spacial score (nSPS) is 26.5. The highest BCUT2D eigenvalue weighted by Gasteiger charge is 2.28. The van der Waals surface area contributed by atoms with Crippen LogP contribution in [0.15, 0.2) is 0 Å². The van der Waals surface area contributed by atoms with Crippen molar-refractivity contribution in [2.75, 3.05) is 13.2 Å². The van der Waals surface area contributed by atoms with E-state index in [4.69, 9.17) is 9.84 Å². The number of carbonyl (C=O) groups is 1. The Labute approximate surface area is 104 Å². The number of ether oxygens (including phenoxy) is 1. The van der Waals surface area contributed by atoms with E-state index in [0.29, 0.717) is 12.6 Å². The molecular formula is C13H25NO3. The molecule has 0 aromatic carbocycles. The van der Waals surface area contributed by atoms with Crippen molar-refractivity contribution in [3.05, 3.63) is 0 Å². The van der Waals surface area contributed by atoms with Gasteiger partial charge < -0.3 is 15.2 Å². The largest absolute Gasteiger partial charge is 0.466 e. The third-order valence-electron chi connectivity index (χ3n) is 3.48.